The van der Waals surface area contributed by atoms with E-state index >= 15 is 0 Å². The number of amides is 1. The molecular formula is C9H10INO3. The molecule has 1 amide bonds. The molecule has 0 aliphatic rings. The van der Waals surface area contributed by atoms with Crippen LogP contribution in [0.5, 0.6) is 0 Å². The summed E-state index contributed by atoms with van der Waals surface area (Å²) >= 11 is 2.19. The van der Waals surface area contributed by atoms with Crippen LogP contribution in [0.4, 0.5) is 10.5 Å². The number of carbonyl (C=O) groups is 1. The third kappa shape index (κ3) is 3.15. The van der Waals surface area contributed by atoms with E-state index in [1.54, 1.807) is 6.07 Å². The number of aliphatic hydroxyl groups excluding tert-OH is 1. The first-order valence-corrected chi connectivity index (χ1v) is 5.02. The van der Waals surface area contributed by atoms with Crippen LogP contribution in [-0.2, 0) is 4.74 Å². The van der Waals surface area contributed by atoms with Crippen LogP contribution in [0.3, 0.4) is 0 Å². The summed E-state index contributed by atoms with van der Waals surface area (Å²) in [6, 6.07) is 5.60. The summed E-state index contributed by atoms with van der Waals surface area (Å²) < 4.78 is 5.43. The molecule has 0 atom stereocenters. The summed E-state index contributed by atoms with van der Waals surface area (Å²) in [6.07, 6.45) is -0.656. The molecule has 14 heavy (non-hydrogen) atoms. The molecule has 0 aliphatic carbocycles. The fourth-order valence-electron chi connectivity index (χ4n) is 0.972. The van der Waals surface area contributed by atoms with Gasteiger partial charge in [-0.3, -0.25) is 5.32 Å². The van der Waals surface area contributed by atoms with E-state index < -0.39 is 12.9 Å². The van der Waals surface area contributed by atoms with Crippen LogP contribution < -0.4 is 5.32 Å². The van der Waals surface area contributed by atoms with Gasteiger partial charge in [0.25, 0.3) is 0 Å². The monoisotopic (exact) mass is 307 g/mol. The molecule has 0 aliphatic heterocycles. The van der Waals surface area contributed by atoms with Crippen LogP contribution in [0.2, 0.25) is 0 Å². The van der Waals surface area contributed by atoms with Crippen molar-refractivity contribution in [2.75, 3.05) is 12.1 Å². The number of aryl methyl sites for hydroxylation is 1. The minimum Gasteiger partial charge on any atom is -0.422 e. The van der Waals surface area contributed by atoms with Crippen LogP contribution in [0, 0.1) is 10.5 Å². The summed E-state index contributed by atoms with van der Waals surface area (Å²) in [4.78, 5) is 11.0. The van der Waals surface area contributed by atoms with Crippen molar-refractivity contribution >= 4 is 34.4 Å². The molecular weight excluding hydrogens is 297 g/mol. The summed E-state index contributed by atoms with van der Waals surface area (Å²) in [5, 5.41) is 10.9. The summed E-state index contributed by atoms with van der Waals surface area (Å²) in [5.41, 5.74) is 1.63. The van der Waals surface area contributed by atoms with Gasteiger partial charge < -0.3 is 9.84 Å². The lowest BCUT2D eigenvalue weighted by atomic mass is 10.2. The molecule has 0 fully saturated rings. The number of rotatable bonds is 2. The Hall–Kier alpha value is -0.820. The molecule has 2 N–H and O–H groups in total. The van der Waals surface area contributed by atoms with Crippen molar-refractivity contribution in [1.29, 1.82) is 0 Å². The van der Waals surface area contributed by atoms with E-state index in [4.69, 9.17) is 5.11 Å². The Bertz CT molecular complexity index is 341. The van der Waals surface area contributed by atoms with Crippen molar-refractivity contribution in [3.63, 3.8) is 0 Å². The largest absolute Gasteiger partial charge is 0.422 e. The number of carbonyl (C=O) groups excluding carboxylic acids is 1. The molecule has 76 valence electrons. The van der Waals surface area contributed by atoms with Crippen molar-refractivity contribution in [2.45, 2.75) is 6.92 Å². The van der Waals surface area contributed by atoms with Gasteiger partial charge in [-0.15, -0.1) is 0 Å². The first-order chi connectivity index (χ1) is 6.63. The third-order valence-corrected chi connectivity index (χ3v) is 2.29. The zero-order valence-electron chi connectivity index (χ0n) is 7.58. The molecule has 1 rings (SSSR count). The Morgan fingerprint density at radius 1 is 1.64 bits per heavy atom. The molecule has 0 radical (unpaired) electrons. The Morgan fingerprint density at radius 3 is 2.93 bits per heavy atom. The third-order valence-electron chi connectivity index (χ3n) is 1.62. The predicted molar refractivity (Wildman–Crippen MR) is 61.1 cm³/mol. The fraction of sp³-hybridized carbons (Fsp3) is 0.222. The topological polar surface area (TPSA) is 58.6 Å². The van der Waals surface area contributed by atoms with Crippen molar-refractivity contribution in [1.82, 2.24) is 0 Å². The number of aliphatic hydroxyl groups is 1. The second-order valence-electron chi connectivity index (χ2n) is 2.65. The highest BCUT2D eigenvalue weighted by molar-refractivity contribution is 14.1. The lowest BCUT2D eigenvalue weighted by Crippen LogP contribution is -2.14. The van der Waals surface area contributed by atoms with Gasteiger partial charge in [-0.1, -0.05) is 0 Å². The SMILES string of the molecule is Cc1cc(I)ccc1NC(=O)OCO. The smallest absolute Gasteiger partial charge is 0.413 e. The van der Waals surface area contributed by atoms with Crippen LogP contribution in [0.1, 0.15) is 5.56 Å². The average molecular weight is 307 g/mol. The number of anilines is 1. The number of ether oxygens (including phenoxy) is 1. The van der Waals surface area contributed by atoms with Gasteiger partial charge in [-0.25, -0.2) is 4.79 Å². The van der Waals surface area contributed by atoms with Gasteiger partial charge in [0.2, 0.25) is 0 Å². The van der Waals surface area contributed by atoms with E-state index in [-0.39, 0.29) is 0 Å². The Morgan fingerprint density at radius 2 is 2.36 bits per heavy atom. The Balaban J connectivity index is 2.72. The van der Waals surface area contributed by atoms with Crippen molar-refractivity contribution in [3.8, 4) is 0 Å². The molecule has 0 saturated carbocycles. The molecule has 0 aromatic heterocycles. The maximum atomic E-state index is 11.0. The van der Waals surface area contributed by atoms with Crippen LogP contribution in [0.15, 0.2) is 18.2 Å². The molecule has 5 heteroatoms. The van der Waals surface area contributed by atoms with Crippen LogP contribution in [-0.4, -0.2) is 18.0 Å². The van der Waals surface area contributed by atoms with Gasteiger partial charge >= 0.3 is 6.09 Å². The molecule has 1 aromatic carbocycles. The van der Waals surface area contributed by atoms with Crippen molar-refractivity contribution in [2.24, 2.45) is 0 Å². The first-order valence-electron chi connectivity index (χ1n) is 3.94. The molecule has 0 saturated heterocycles. The maximum Gasteiger partial charge on any atom is 0.413 e. The van der Waals surface area contributed by atoms with Gasteiger partial charge in [0.15, 0.2) is 6.79 Å². The highest BCUT2D eigenvalue weighted by atomic mass is 127. The number of hydrogen-bond donors (Lipinski definition) is 2. The van der Waals surface area contributed by atoms with Crippen molar-refractivity contribution < 1.29 is 14.6 Å². The minimum absolute atomic E-state index is 0.616. The van der Waals surface area contributed by atoms with Gasteiger partial charge in [-0.05, 0) is 53.3 Å². The standard InChI is InChI=1S/C9H10INO3/c1-6-4-7(10)2-3-8(6)11-9(13)14-5-12/h2-4,12H,5H2,1H3,(H,11,13). The number of hydrogen-bond acceptors (Lipinski definition) is 3. The normalized spacial score (nSPS) is 9.64. The number of benzene rings is 1. The maximum absolute atomic E-state index is 11.0. The van der Waals surface area contributed by atoms with E-state index in [1.807, 2.05) is 19.1 Å². The van der Waals surface area contributed by atoms with E-state index in [1.165, 1.54) is 0 Å². The van der Waals surface area contributed by atoms with Gasteiger partial charge in [0, 0.05) is 9.26 Å². The van der Waals surface area contributed by atoms with E-state index in [0.717, 1.165) is 9.13 Å². The van der Waals surface area contributed by atoms with E-state index in [9.17, 15) is 4.79 Å². The minimum atomic E-state index is -0.656. The van der Waals surface area contributed by atoms with Crippen LogP contribution >= 0.6 is 22.6 Å². The average Bonchev–Trinajstić information content (AvgIpc) is 2.10. The quantitative estimate of drug-likeness (QED) is 0.650. The zero-order valence-corrected chi connectivity index (χ0v) is 9.74. The molecule has 1 aromatic rings. The second kappa shape index (κ2) is 5.16. The second-order valence-corrected chi connectivity index (χ2v) is 3.89. The number of halogens is 1. The molecule has 0 unspecified atom stereocenters. The Kier molecular flexibility index (Phi) is 4.15. The van der Waals surface area contributed by atoms with Crippen LogP contribution in [0.25, 0.3) is 0 Å². The Labute approximate surface area is 95.4 Å². The van der Waals surface area contributed by atoms with Crippen molar-refractivity contribution in [3.05, 3.63) is 27.3 Å². The van der Waals surface area contributed by atoms with E-state index in [2.05, 4.69) is 32.6 Å². The lowest BCUT2D eigenvalue weighted by molar-refractivity contribution is 0.0527. The molecule has 0 heterocycles. The predicted octanol–water partition coefficient (Wildman–Crippen LogP) is 2.10. The van der Waals surface area contributed by atoms with Gasteiger partial charge in [0.05, 0.1) is 0 Å². The number of nitrogens with one attached hydrogen (secondary N) is 1. The fourth-order valence-corrected chi connectivity index (χ4v) is 1.62. The molecule has 0 bridgehead atoms. The summed E-state index contributed by atoms with van der Waals surface area (Å²) in [6.45, 7) is 1.27. The van der Waals surface area contributed by atoms with Gasteiger partial charge in [-0.2, -0.15) is 0 Å². The molecule has 0 spiro atoms. The zero-order chi connectivity index (χ0) is 10.6. The summed E-state index contributed by atoms with van der Waals surface area (Å²) in [7, 11) is 0. The highest BCUT2D eigenvalue weighted by Gasteiger charge is 2.04. The van der Waals surface area contributed by atoms with E-state index in [0.29, 0.717) is 5.69 Å². The highest BCUT2D eigenvalue weighted by Crippen LogP contribution is 2.17. The molecule has 4 nitrogen and oxygen atoms in total. The summed E-state index contributed by atoms with van der Waals surface area (Å²) in [5.74, 6) is 0. The van der Waals surface area contributed by atoms with Gasteiger partial charge in [0.1, 0.15) is 0 Å². The first kappa shape index (κ1) is 11.3. The lowest BCUT2D eigenvalue weighted by Gasteiger charge is -2.07.